The third-order valence-corrected chi connectivity index (χ3v) is 3.15. The summed E-state index contributed by atoms with van der Waals surface area (Å²) < 4.78 is 10.8. The molecule has 1 amide bonds. The average molecular weight is 278 g/mol. The highest BCUT2D eigenvalue weighted by atomic mass is 16.5. The van der Waals surface area contributed by atoms with E-state index in [0.717, 1.165) is 38.3 Å². The van der Waals surface area contributed by atoms with Crippen LogP contribution in [0.3, 0.4) is 0 Å². The lowest BCUT2D eigenvalue weighted by Gasteiger charge is -2.26. The highest BCUT2D eigenvalue weighted by Gasteiger charge is 2.14. The van der Waals surface area contributed by atoms with Crippen LogP contribution in [0.2, 0.25) is 0 Å². The van der Waals surface area contributed by atoms with Crippen molar-refractivity contribution in [1.29, 1.82) is 0 Å². The number of rotatable bonds is 6. The zero-order valence-corrected chi connectivity index (χ0v) is 11.9. The number of carbonyl (C=O) groups excluding carboxylic acids is 1. The van der Waals surface area contributed by atoms with Gasteiger partial charge in [-0.1, -0.05) is 13.3 Å². The van der Waals surface area contributed by atoms with Gasteiger partial charge in [0.25, 0.3) is 5.91 Å². The molecule has 1 aliphatic rings. The van der Waals surface area contributed by atoms with Crippen LogP contribution < -0.4 is 10.2 Å². The Hall–Kier alpha value is -1.59. The molecule has 0 aliphatic carbocycles. The van der Waals surface area contributed by atoms with Crippen molar-refractivity contribution in [2.45, 2.75) is 19.8 Å². The molecule has 0 atom stereocenters. The minimum Gasteiger partial charge on any atom is -0.494 e. The Bertz CT molecular complexity index is 414. The van der Waals surface area contributed by atoms with Crippen LogP contribution in [0, 0.1) is 0 Å². The van der Waals surface area contributed by atoms with E-state index >= 15 is 0 Å². The van der Waals surface area contributed by atoms with Gasteiger partial charge in [0, 0.05) is 18.7 Å². The van der Waals surface area contributed by atoms with Crippen LogP contribution in [0.1, 0.15) is 30.1 Å². The number of carbonyl (C=O) groups is 1. The van der Waals surface area contributed by atoms with Gasteiger partial charge in [-0.25, -0.2) is 5.01 Å². The van der Waals surface area contributed by atoms with Gasteiger partial charge in [0.2, 0.25) is 0 Å². The largest absolute Gasteiger partial charge is 0.494 e. The molecule has 20 heavy (non-hydrogen) atoms. The number of morpholine rings is 1. The molecule has 2 rings (SSSR count). The number of unbranched alkanes of at least 4 members (excludes halogenated alkanes) is 1. The second-order valence-corrected chi connectivity index (χ2v) is 4.77. The lowest BCUT2D eigenvalue weighted by Crippen LogP contribution is -2.48. The van der Waals surface area contributed by atoms with E-state index in [2.05, 4.69) is 12.3 Å². The Labute approximate surface area is 119 Å². The Morgan fingerprint density at radius 1 is 1.30 bits per heavy atom. The first-order valence-electron chi connectivity index (χ1n) is 7.16. The summed E-state index contributed by atoms with van der Waals surface area (Å²) in [5.74, 6) is 0.716. The van der Waals surface area contributed by atoms with E-state index in [1.165, 1.54) is 0 Å². The van der Waals surface area contributed by atoms with Crippen LogP contribution in [0.4, 0.5) is 0 Å². The van der Waals surface area contributed by atoms with Crippen molar-refractivity contribution in [3.8, 4) is 5.75 Å². The quantitative estimate of drug-likeness (QED) is 0.807. The van der Waals surface area contributed by atoms with E-state index in [9.17, 15) is 4.79 Å². The van der Waals surface area contributed by atoms with Crippen molar-refractivity contribution >= 4 is 5.91 Å². The van der Waals surface area contributed by atoms with Gasteiger partial charge in [-0.05, 0) is 30.7 Å². The molecule has 0 saturated carbocycles. The molecule has 0 bridgehead atoms. The lowest BCUT2D eigenvalue weighted by molar-refractivity contribution is 0.0126. The molecule has 1 N–H and O–H groups in total. The predicted molar refractivity (Wildman–Crippen MR) is 76.7 cm³/mol. The Morgan fingerprint density at radius 2 is 2.00 bits per heavy atom. The maximum Gasteiger partial charge on any atom is 0.265 e. The number of ether oxygens (including phenoxy) is 2. The van der Waals surface area contributed by atoms with Gasteiger partial charge in [0.05, 0.1) is 19.8 Å². The molecular formula is C15H22N2O3. The van der Waals surface area contributed by atoms with Crippen molar-refractivity contribution in [3.63, 3.8) is 0 Å². The van der Waals surface area contributed by atoms with Gasteiger partial charge in [0.15, 0.2) is 0 Å². The molecule has 0 radical (unpaired) electrons. The van der Waals surface area contributed by atoms with E-state index in [1.807, 2.05) is 17.1 Å². The fourth-order valence-electron chi connectivity index (χ4n) is 1.92. The number of hydrazine groups is 1. The molecule has 0 spiro atoms. The normalized spacial score (nSPS) is 15.8. The number of hydrogen-bond acceptors (Lipinski definition) is 4. The summed E-state index contributed by atoms with van der Waals surface area (Å²) in [7, 11) is 0. The van der Waals surface area contributed by atoms with Crippen molar-refractivity contribution in [2.75, 3.05) is 32.9 Å². The lowest BCUT2D eigenvalue weighted by atomic mass is 10.2. The summed E-state index contributed by atoms with van der Waals surface area (Å²) >= 11 is 0. The highest BCUT2D eigenvalue weighted by Crippen LogP contribution is 2.13. The van der Waals surface area contributed by atoms with Crippen LogP contribution in [-0.2, 0) is 4.74 Å². The minimum absolute atomic E-state index is 0.0907. The molecule has 0 unspecified atom stereocenters. The summed E-state index contributed by atoms with van der Waals surface area (Å²) in [6.45, 7) is 5.61. The van der Waals surface area contributed by atoms with Crippen LogP contribution in [-0.4, -0.2) is 43.8 Å². The smallest absolute Gasteiger partial charge is 0.265 e. The fourth-order valence-corrected chi connectivity index (χ4v) is 1.92. The standard InChI is InChI=1S/C15H22N2O3/c1-2-3-10-20-14-6-4-13(5-7-14)15(18)16-17-8-11-19-12-9-17/h4-7H,2-3,8-12H2,1H3,(H,16,18). The van der Waals surface area contributed by atoms with Crippen molar-refractivity contribution < 1.29 is 14.3 Å². The fraction of sp³-hybridized carbons (Fsp3) is 0.533. The van der Waals surface area contributed by atoms with Gasteiger partial charge in [-0.2, -0.15) is 0 Å². The van der Waals surface area contributed by atoms with Crippen molar-refractivity contribution in [1.82, 2.24) is 10.4 Å². The first-order chi connectivity index (χ1) is 9.79. The maximum atomic E-state index is 12.1. The van der Waals surface area contributed by atoms with Gasteiger partial charge in [-0.15, -0.1) is 0 Å². The second kappa shape index (κ2) is 7.87. The monoisotopic (exact) mass is 278 g/mol. The molecule has 1 saturated heterocycles. The van der Waals surface area contributed by atoms with Crippen molar-refractivity contribution in [2.24, 2.45) is 0 Å². The van der Waals surface area contributed by atoms with E-state index < -0.39 is 0 Å². The van der Waals surface area contributed by atoms with Crippen LogP contribution in [0.15, 0.2) is 24.3 Å². The average Bonchev–Trinajstić information content (AvgIpc) is 2.49. The van der Waals surface area contributed by atoms with E-state index in [-0.39, 0.29) is 5.91 Å². The van der Waals surface area contributed by atoms with Gasteiger partial charge >= 0.3 is 0 Å². The molecule has 5 heteroatoms. The van der Waals surface area contributed by atoms with Gasteiger partial charge in [0.1, 0.15) is 5.75 Å². The highest BCUT2D eigenvalue weighted by molar-refractivity contribution is 5.93. The number of benzene rings is 1. The first kappa shape index (κ1) is 14.8. The molecule has 1 aliphatic heterocycles. The Morgan fingerprint density at radius 3 is 2.65 bits per heavy atom. The summed E-state index contributed by atoms with van der Waals surface area (Å²) in [5, 5.41) is 1.89. The zero-order chi connectivity index (χ0) is 14.2. The summed E-state index contributed by atoms with van der Waals surface area (Å²) in [6, 6.07) is 7.25. The van der Waals surface area contributed by atoms with Gasteiger partial charge < -0.3 is 9.47 Å². The zero-order valence-electron chi connectivity index (χ0n) is 11.9. The maximum absolute atomic E-state index is 12.1. The SMILES string of the molecule is CCCCOc1ccc(C(=O)NN2CCOCC2)cc1. The topological polar surface area (TPSA) is 50.8 Å². The Kier molecular flexibility index (Phi) is 5.83. The number of nitrogens with zero attached hydrogens (tertiary/aromatic N) is 1. The van der Waals surface area contributed by atoms with E-state index in [0.29, 0.717) is 18.8 Å². The molecule has 0 aromatic heterocycles. The number of nitrogens with one attached hydrogen (secondary N) is 1. The second-order valence-electron chi connectivity index (χ2n) is 4.77. The minimum atomic E-state index is -0.0907. The van der Waals surface area contributed by atoms with Crippen LogP contribution in [0.25, 0.3) is 0 Å². The summed E-state index contributed by atoms with van der Waals surface area (Å²) in [4.78, 5) is 12.1. The first-order valence-corrected chi connectivity index (χ1v) is 7.16. The van der Waals surface area contributed by atoms with E-state index in [4.69, 9.17) is 9.47 Å². The number of amides is 1. The Balaban J connectivity index is 1.83. The molecule has 1 heterocycles. The summed E-state index contributed by atoms with van der Waals surface area (Å²) in [6.07, 6.45) is 2.15. The van der Waals surface area contributed by atoms with E-state index in [1.54, 1.807) is 12.1 Å². The van der Waals surface area contributed by atoms with Gasteiger partial charge in [-0.3, -0.25) is 10.2 Å². The molecule has 1 aromatic rings. The third-order valence-electron chi connectivity index (χ3n) is 3.15. The molecule has 5 nitrogen and oxygen atoms in total. The van der Waals surface area contributed by atoms with Crippen LogP contribution in [0.5, 0.6) is 5.75 Å². The molecule has 1 aromatic carbocycles. The predicted octanol–water partition coefficient (Wildman–Crippen LogP) is 1.84. The molecule has 110 valence electrons. The number of hydrogen-bond donors (Lipinski definition) is 1. The van der Waals surface area contributed by atoms with Crippen LogP contribution >= 0.6 is 0 Å². The third kappa shape index (κ3) is 4.51. The van der Waals surface area contributed by atoms with Crippen molar-refractivity contribution in [3.05, 3.63) is 29.8 Å². The molecular weight excluding hydrogens is 256 g/mol. The molecule has 1 fully saturated rings. The summed E-state index contributed by atoms with van der Waals surface area (Å²) in [5.41, 5.74) is 3.52.